The minimum Gasteiger partial charge on any atom is -0.493 e. The number of anilines is 1. The molecule has 0 unspecified atom stereocenters. The lowest BCUT2D eigenvalue weighted by atomic mass is 10.1. The summed E-state index contributed by atoms with van der Waals surface area (Å²) in [5.41, 5.74) is 3.15. The topological polar surface area (TPSA) is 78.4 Å². The number of thioether (sulfide) groups is 1. The highest BCUT2D eigenvalue weighted by atomic mass is 32.2. The number of para-hydroxylation sites is 2. The van der Waals surface area contributed by atoms with Crippen molar-refractivity contribution in [1.29, 1.82) is 0 Å². The lowest BCUT2D eigenvalue weighted by Crippen LogP contribution is -2.18. The smallest absolute Gasteiger partial charge is 0.247 e. The lowest BCUT2D eigenvalue weighted by molar-refractivity contribution is 0.218. The van der Waals surface area contributed by atoms with Crippen LogP contribution in [0.3, 0.4) is 0 Å². The molecule has 27 heavy (non-hydrogen) atoms. The van der Waals surface area contributed by atoms with Gasteiger partial charge in [0.2, 0.25) is 17.3 Å². The second-order valence-electron chi connectivity index (χ2n) is 5.72. The van der Waals surface area contributed by atoms with Crippen molar-refractivity contribution in [3.8, 4) is 28.6 Å². The molecule has 1 N–H and O–H groups in total. The largest absolute Gasteiger partial charge is 0.493 e. The summed E-state index contributed by atoms with van der Waals surface area (Å²) in [6, 6.07) is 13.5. The van der Waals surface area contributed by atoms with Gasteiger partial charge in [0.1, 0.15) is 0 Å². The predicted octanol–water partition coefficient (Wildman–Crippen LogP) is 3.78. The van der Waals surface area contributed by atoms with Gasteiger partial charge in [-0.3, -0.25) is 0 Å². The molecule has 3 aromatic rings. The summed E-state index contributed by atoms with van der Waals surface area (Å²) in [5.74, 6) is 1.65. The van der Waals surface area contributed by atoms with E-state index in [1.54, 1.807) is 14.2 Å². The first-order valence-electron chi connectivity index (χ1n) is 8.27. The quantitative estimate of drug-likeness (QED) is 0.683. The van der Waals surface area contributed by atoms with Gasteiger partial charge in [-0.25, -0.2) is 0 Å². The van der Waals surface area contributed by atoms with Crippen molar-refractivity contribution in [3.63, 3.8) is 0 Å². The van der Waals surface area contributed by atoms with Crippen molar-refractivity contribution in [2.24, 2.45) is 0 Å². The first-order valence-corrected chi connectivity index (χ1v) is 9.49. The Morgan fingerprint density at radius 1 is 1.04 bits per heavy atom. The molecule has 8 heteroatoms. The number of methoxy groups -OCH3 is 2. The number of aromatic nitrogens is 3. The summed E-state index contributed by atoms with van der Waals surface area (Å²) < 4.78 is 17.2. The predicted molar refractivity (Wildman–Crippen MR) is 104 cm³/mol. The van der Waals surface area contributed by atoms with Crippen molar-refractivity contribution in [1.82, 2.24) is 15.2 Å². The molecule has 2 aromatic carbocycles. The van der Waals surface area contributed by atoms with Crippen molar-refractivity contribution in [2.75, 3.05) is 25.8 Å². The van der Waals surface area contributed by atoms with Gasteiger partial charge in [-0.1, -0.05) is 36.0 Å². The molecule has 138 valence electrons. The fourth-order valence-corrected chi connectivity index (χ4v) is 3.29. The molecule has 0 amide bonds. The van der Waals surface area contributed by atoms with E-state index in [1.165, 1.54) is 11.8 Å². The summed E-state index contributed by atoms with van der Waals surface area (Å²) in [6.45, 7) is 0. The molecule has 0 spiro atoms. The van der Waals surface area contributed by atoms with Gasteiger partial charge >= 0.3 is 0 Å². The minimum atomic E-state index is -0.538. The van der Waals surface area contributed by atoms with Crippen LogP contribution < -0.4 is 19.5 Å². The normalized spacial score (nSPS) is 14.9. The summed E-state index contributed by atoms with van der Waals surface area (Å²) in [6.07, 6.45) is 1.36. The lowest BCUT2D eigenvalue weighted by Gasteiger charge is -2.22. The number of ether oxygens (including phenoxy) is 3. The summed E-state index contributed by atoms with van der Waals surface area (Å²) in [7, 11) is 3.21. The molecular formula is C19H18N4O3S. The zero-order chi connectivity index (χ0) is 18.8. The third kappa shape index (κ3) is 3.12. The van der Waals surface area contributed by atoms with E-state index in [1.807, 2.05) is 48.7 Å². The van der Waals surface area contributed by atoms with E-state index < -0.39 is 6.23 Å². The first-order chi connectivity index (χ1) is 13.2. The van der Waals surface area contributed by atoms with Gasteiger partial charge in [-0.2, -0.15) is 4.98 Å². The van der Waals surface area contributed by atoms with Crippen LogP contribution in [0.2, 0.25) is 0 Å². The molecule has 1 aliphatic heterocycles. The van der Waals surface area contributed by atoms with Crippen molar-refractivity contribution in [2.45, 2.75) is 11.4 Å². The number of hydrogen-bond donors (Lipinski definition) is 1. The SMILES string of the molecule is COc1cccc([C@H]2Nc3ccccc3-c3nnc(SC)nc3O2)c1OC. The Morgan fingerprint density at radius 3 is 2.67 bits per heavy atom. The molecule has 4 rings (SSSR count). The Hall–Kier alpha value is -3.00. The minimum absolute atomic E-state index is 0.418. The van der Waals surface area contributed by atoms with Crippen LogP contribution >= 0.6 is 11.8 Å². The number of rotatable bonds is 4. The Kier molecular flexibility index (Phi) is 4.72. The fourth-order valence-electron chi connectivity index (χ4n) is 2.99. The van der Waals surface area contributed by atoms with Gasteiger partial charge in [0, 0.05) is 11.3 Å². The Labute approximate surface area is 161 Å². The molecular weight excluding hydrogens is 364 g/mol. The van der Waals surface area contributed by atoms with E-state index in [9.17, 15) is 0 Å². The molecule has 0 saturated heterocycles. The molecule has 1 aliphatic rings. The van der Waals surface area contributed by atoms with Crippen LogP contribution in [0.15, 0.2) is 47.6 Å². The summed E-state index contributed by atoms with van der Waals surface area (Å²) in [5, 5.41) is 12.5. The number of hydrogen-bond acceptors (Lipinski definition) is 8. The van der Waals surface area contributed by atoms with Gasteiger partial charge in [0.05, 0.1) is 19.8 Å². The van der Waals surface area contributed by atoms with Gasteiger partial charge in [0.25, 0.3) is 0 Å². The van der Waals surface area contributed by atoms with Crippen LogP contribution in [0, 0.1) is 0 Å². The van der Waals surface area contributed by atoms with Crippen LogP contribution in [0.25, 0.3) is 11.3 Å². The maximum absolute atomic E-state index is 6.24. The van der Waals surface area contributed by atoms with Gasteiger partial charge in [-0.15, -0.1) is 10.2 Å². The van der Waals surface area contributed by atoms with Crippen molar-refractivity contribution >= 4 is 17.4 Å². The van der Waals surface area contributed by atoms with Gasteiger partial charge in [-0.05, 0) is 24.5 Å². The molecule has 0 bridgehead atoms. The molecule has 0 saturated carbocycles. The maximum atomic E-state index is 6.24. The molecule has 0 fully saturated rings. The van der Waals surface area contributed by atoms with Crippen molar-refractivity contribution in [3.05, 3.63) is 48.0 Å². The molecule has 0 radical (unpaired) electrons. The van der Waals surface area contributed by atoms with Crippen LogP contribution in [-0.2, 0) is 0 Å². The van der Waals surface area contributed by atoms with E-state index in [4.69, 9.17) is 14.2 Å². The fraction of sp³-hybridized carbons (Fsp3) is 0.211. The van der Waals surface area contributed by atoms with E-state index in [-0.39, 0.29) is 0 Å². The van der Waals surface area contributed by atoms with E-state index in [0.717, 1.165) is 16.8 Å². The Bertz CT molecular complexity index is 983. The second-order valence-corrected chi connectivity index (χ2v) is 6.50. The van der Waals surface area contributed by atoms with E-state index >= 15 is 0 Å². The number of fused-ring (bicyclic) bond motifs is 3. The summed E-state index contributed by atoms with van der Waals surface area (Å²) in [4.78, 5) is 4.52. The molecule has 1 atom stereocenters. The first kappa shape index (κ1) is 17.4. The Balaban J connectivity index is 1.88. The average Bonchev–Trinajstić information content (AvgIpc) is 2.89. The van der Waals surface area contributed by atoms with Gasteiger partial charge in [0.15, 0.2) is 17.2 Å². The Morgan fingerprint density at radius 2 is 1.89 bits per heavy atom. The zero-order valence-electron chi connectivity index (χ0n) is 15.1. The maximum Gasteiger partial charge on any atom is 0.247 e. The summed E-state index contributed by atoms with van der Waals surface area (Å²) >= 11 is 1.41. The third-order valence-electron chi connectivity index (χ3n) is 4.23. The molecule has 0 aliphatic carbocycles. The number of nitrogens with zero attached hydrogens (tertiary/aromatic N) is 3. The molecule has 7 nitrogen and oxygen atoms in total. The molecule has 1 aromatic heterocycles. The number of nitrogens with one attached hydrogen (secondary N) is 1. The van der Waals surface area contributed by atoms with E-state index in [0.29, 0.717) is 28.2 Å². The third-order valence-corrected chi connectivity index (χ3v) is 4.77. The van der Waals surface area contributed by atoms with Crippen LogP contribution in [0.1, 0.15) is 11.8 Å². The van der Waals surface area contributed by atoms with Crippen LogP contribution in [0.5, 0.6) is 17.4 Å². The van der Waals surface area contributed by atoms with Crippen molar-refractivity contribution < 1.29 is 14.2 Å². The van der Waals surface area contributed by atoms with Gasteiger partial charge < -0.3 is 19.5 Å². The van der Waals surface area contributed by atoms with E-state index in [2.05, 4.69) is 20.5 Å². The average molecular weight is 382 g/mol. The zero-order valence-corrected chi connectivity index (χ0v) is 15.9. The monoisotopic (exact) mass is 382 g/mol. The second kappa shape index (κ2) is 7.32. The van der Waals surface area contributed by atoms with Crippen LogP contribution in [0.4, 0.5) is 5.69 Å². The molecule has 2 heterocycles. The highest BCUT2D eigenvalue weighted by molar-refractivity contribution is 7.98. The van der Waals surface area contributed by atoms with Crippen LogP contribution in [-0.4, -0.2) is 35.7 Å². The number of benzene rings is 2. The highest BCUT2D eigenvalue weighted by Crippen LogP contribution is 2.42. The standard InChI is InChI=1S/C19H18N4O3S/c1-24-14-10-6-8-12(16(14)25-2)17-20-13-9-5-4-7-11(13)15-18(26-17)21-19(27-3)23-22-15/h4-10,17,20H,1-3H3/t17-/m0/s1. The highest BCUT2D eigenvalue weighted by Gasteiger charge is 2.28.